The number of amides is 1. The Labute approximate surface area is 182 Å². The molecule has 2 heterocycles. The molecule has 31 heavy (non-hydrogen) atoms. The summed E-state index contributed by atoms with van der Waals surface area (Å²) in [5.74, 6) is 2.36. The van der Waals surface area contributed by atoms with Crippen molar-refractivity contribution in [2.24, 2.45) is 0 Å². The Bertz CT molecular complexity index is 1080. The topological polar surface area (TPSA) is 65.0 Å². The Balaban J connectivity index is 1.29. The molecule has 0 radical (unpaired) electrons. The minimum absolute atomic E-state index is 0.0112. The summed E-state index contributed by atoms with van der Waals surface area (Å²) in [5.41, 5.74) is 3.58. The average Bonchev–Trinajstić information content (AvgIpc) is 3.19. The maximum atomic E-state index is 12.5. The fourth-order valence-corrected chi connectivity index (χ4v) is 4.14. The summed E-state index contributed by atoms with van der Waals surface area (Å²) in [6.45, 7) is 3.53. The molecule has 1 N–H and O–H groups in total. The molecule has 1 aliphatic rings. The van der Waals surface area contributed by atoms with Crippen molar-refractivity contribution in [3.8, 4) is 17.2 Å². The summed E-state index contributed by atoms with van der Waals surface area (Å²) in [7, 11) is 4.97. The van der Waals surface area contributed by atoms with Gasteiger partial charge in [0.2, 0.25) is 5.91 Å². The molecule has 3 aromatic rings. The van der Waals surface area contributed by atoms with Gasteiger partial charge in [0, 0.05) is 43.3 Å². The zero-order valence-corrected chi connectivity index (χ0v) is 18.3. The van der Waals surface area contributed by atoms with Crippen LogP contribution in [0.25, 0.3) is 10.9 Å². The van der Waals surface area contributed by atoms with Crippen molar-refractivity contribution in [1.82, 2.24) is 14.8 Å². The molecule has 2 aromatic carbocycles. The molecule has 0 spiro atoms. The Morgan fingerprint density at radius 2 is 1.77 bits per heavy atom. The van der Waals surface area contributed by atoms with Gasteiger partial charge >= 0.3 is 0 Å². The molecule has 0 unspecified atom stereocenters. The van der Waals surface area contributed by atoms with Crippen LogP contribution in [0.3, 0.4) is 0 Å². The van der Waals surface area contributed by atoms with E-state index in [0.29, 0.717) is 13.1 Å². The zero-order chi connectivity index (χ0) is 21.8. The van der Waals surface area contributed by atoms with E-state index < -0.39 is 0 Å². The molecular weight excluding hydrogens is 394 g/mol. The maximum absolute atomic E-state index is 12.5. The third-order valence-corrected chi connectivity index (χ3v) is 5.84. The second-order valence-corrected chi connectivity index (χ2v) is 7.72. The molecule has 1 aliphatic heterocycles. The van der Waals surface area contributed by atoms with Crippen LogP contribution in [0.1, 0.15) is 11.1 Å². The van der Waals surface area contributed by atoms with E-state index in [9.17, 15) is 4.79 Å². The first-order valence-electron chi connectivity index (χ1n) is 10.5. The quantitative estimate of drug-likeness (QED) is 0.604. The normalized spacial score (nSPS) is 13.6. The van der Waals surface area contributed by atoms with Crippen molar-refractivity contribution in [3.63, 3.8) is 0 Å². The van der Waals surface area contributed by atoms with E-state index in [-0.39, 0.29) is 5.91 Å². The smallest absolute Gasteiger partial charge is 0.239 e. The van der Waals surface area contributed by atoms with E-state index in [1.165, 1.54) is 11.1 Å². The second-order valence-electron chi connectivity index (χ2n) is 7.72. The zero-order valence-electron chi connectivity index (χ0n) is 18.3. The van der Waals surface area contributed by atoms with Crippen molar-refractivity contribution < 1.29 is 19.0 Å². The van der Waals surface area contributed by atoms with Crippen molar-refractivity contribution in [2.45, 2.75) is 19.5 Å². The summed E-state index contributed by atoms with van der Waals surface area (Å²) < 4.78 is 18.1. The summed E-state index contributed by atoms with van der Waals surface area (Å²) >= 11 is 0. The van der Waals surface area contributed by atoms with Gasteiger partial charge in [-0.2, -0.15) is 0 Å². The molecule has 4 rings (SSSR count). The van der Waals surface area contributed by atoms with E-state index in [4.69, 9.17) is 14.2 Å². The van der Waals surface area contributed by atoms with Gasteiger partial charge in [-0.1, -0.05) is 0 Å². The van der Waals surface area contributed by atoms with Crippen LogP contribution < -0.4 is 19.5 Å². The van der Waals surface area contributed by atoms with Crippen LogP contribution >= 0.6 is 0 Å². The minimum atomic E-state index is 0.0112. The summed E-state index contributed by atoms with van der Waals surface area (Å²) in [6, 6.07) is 12.0. The van der Waals surface area contributed by atoms with Gasteiger partial charge in [0.1, 0.15) is 12.3 Å². The molecular formula is C24H29N3O4. The number of hydrogen-bond acceptors (Lipinski definition) is 5. The lowest BCUT2D eigenvalue weighted by molar-refractivity contribution is -0.121. The number of methoxy groups -OCH3 is 3. The molecule has 7 nitrogen and oxygen atoms in total. The molecule has 0 aliphatic carbocycles. The maximum Gasteiger partial charge on any atom is 0.239 e. The molecule has 0 fully saturated rings. The Kier molecular flexibility index (Phi) is 6.32. The highest BCUT2D eigenvalue weighted by atomic mass is 16.5. The molecule has 0 atom stereocenters. The molecule has 7 heteroatoms. The van der Waals surface area contributed by atoms with E-state index >= 15 is 0 Å². The van der Waals surface area contributed by atoms with Crippen LogP contribution in [0.2, 0.25) is 0 Å². The Morgan fingerprint density at radius 3 is 2.52 bits per heavy atom. The SMILES string of the molecule is COc1ccc2c(ccn2CC(=O)NCCN2CCc3cc(OC)c(OC)cc3C2)c1. The Morgan fingerprint density at radius 1 is 1.00 bits per heavy atom. The van der Waals surface area contributed by atoms with Gasteiger partial charge < -0.3 is 24.1 Å². The van der Waals surface area contributed by atoms with Gasteiger partial charge in [-0.05, 0) is 53.9 Å². The predicted octanol–water partition coefficient (Wildman–Crippen LogP) is 2.84. The van der Waals surface area contributed by atoms with Crippen LogP contribution in [-0.2, 0) is 24.3 Å². The van der Waals surface area contributed by atoms with Gasteiger partial charge in [0.25, 0.3) is 0 Å². The first-order chi connectivity index (χ1) is 15.1. The van der Waals surface area contributed by atoms with E-state index in [0.717, 1.165) is 54.2 Å². The number of benzene rings is 2. The summed E-state index contributed by atoms with van der Waals surface area (Å²) in [5, 5.41) is 4.11. The van der Waals surface area contributed by atoms with Crippen molar-refractivity contribution in [3.05, 3.63) is 53.7 Å². The molecule has 1 amide bonds. The Hall–Kier alpha value is -3.19. The van der Waals surface area contributed by atoms with Crippen LogP contribution in [0.4, 0.5) is 0 Å². The third-order valence-electron chi connectivity index (χ3n) is 5.84. The highest BCUT2D eigenvalue weighted by Gasteiger charge is 2.19. The van der Waals surface area contributed by atoms with Crippen LogP contribution in [0, 0.1) is 0 Å². The molecule has 0 bridgehead atoms. The lowest BCUT2D eigenvalue weighted by Crippen LogP contribution is -2.38. The first kappa shape index (κ1) is 21.1. The minimum Gasteiger partial charge on any atom is -0.497 e. The summed E-state index contributed by atoms with van der Waals surface area (Å²) in [6.07, 6.45) is 2.90. The van der Waals surface area contributed by atoms with Gasteiger partial charge in [-0.25, -0.2) is 0 Å². The fraction of sp³-hybridized carbons (Fsp3) is 0.375. The van der Waals surface area contributed by atoms with Crippen LogP contribution in [0.5, 0.6) is 17.2 Å². The van der Waals surface area contributed by atoms with Crippen molar-refractivity contribution in [2.75, 3.05) is 41.0 Å². The highest BCUT2D eigenvalue weighted by Crippen LogP contribution is 2.33. The number of aromatic nitrogens is 1. The molecule has 164 valence electrons. The largest absolute Gasteiger partial charge is 0.497 e. The van der Waals surface area contributed by atoms with Gasteiger partial charge in [-0.15, -0.1) is 0 Å². The monoisotopic (exact) mass is 423 g/mol. The highest BCUT2D eigenvalue weighted by molar-refractivity contribution is 5.84. The number of hydrogen-bond donors (Lipinski definition) is 1. The fourth-order valence-electron chi connectivity index (χ4n) is 4.14. The van der Waals surface area contributed by atoms with Crippen LogP contribution in [-0.4, -0.2) is 56.3 Å². The molecule has 0 saturated heterocycles. The van der Waals surface area contributed by atoms with Crippen molar-refractivity contribution in [1.29, 1.82) is 0 Å². The number of rotatable bonds is 8. The van der Waals surface area contributed by atoms with E-state index in [1.54, 1.807) is 21.3 Å². The van der Waals surface area contributed by atoms with E-state index in [1.807, 2.05) is 35.0 Å². The summed E-state index contributed by atoms with van der Waals surface area (Å²) in [4.78, 5) is 14.8. The lowest BCUT2D eigenvalue weighted by Gasteiger charge is -2.29. The van der Waals surface area contributed by atoms with Gasteiger partial charge in [-0.3, -0.25) is 9.69 Å². The van der Waals surface area contributed by atoms with Gasteiger partial charge in [0.15, 0.2) is 11.5 Å². The standard InChI is InChI=1S/C24H29N3O4/c1-29-20-4-5-21-18(12-20)7-10-27(21)16-24(28)25-8-11-26-9-6-17-13-22(30-2)23(31-3)14-19(17)15-26/h4-5,7,10,12-14H,6,8-9,11,15-16H2,1-3H3,(H,25,28). The third kappa shape index (κ3) is 4.61. The number of nitrogens with zero attached hydrogens (tertiary/aromatic N) is 2. The second kappa shape index (κ2) is 9.31. The molecule has 0 saturated carbocycles. The van der Waals surface area contributed by atoms with Crippen molar-refractivity contribution >= 4 is 16.8 Å². The lowest BCUT2D eigenvalue weighted by atomic mass is 9.99. The average molecular weight is 424 g/mol. The number of nitrogens with one attached hydrogen (secondary N) is 1. The van der Waals surface area contributed by atoms with Gasteiger partial charge in [0.05, 0.1) is 21.3 Å². The van der Waals surface area contributed by atoms with Crippen LogP contribution in [0.15, 0.2) is 42.6 Å². The predicted molar refractivity (Wildman–Crippen MR) is 120 cm³/mol. The number of ether oxygens (including phenoxy) is 3. The number of carbonyl (C=O) groups is 1. The van der Waals surface area contributed by atoms with E-state index in [2.05, 4.69) is 22.3 Å². The first-order valence-corrected chi connectivity index (χ1v) is 10.5. The molecule has 1 aromatic heterocycles. The number of carbonyl (C=O) groups excluding carboxylic acids is 1. The number of fused-ring (bicyclic) bond motifs is 2.